The lowest BCUT2D eigenvalue weighted by atomic mass is 9.74. The maximum Gasteiger partial charge on any atom is 0.246 e. The molecule has 1 unspecified atom stereocenters. The SMILES string of the molecule is CCN1C(=O)C(NS(=O)(=O)c2ccc(C)cc2)C(C)(C)c2ccccc21. The molecule has 2 aromatic carbocycles. The number of hydrogen-bond donors (Lipinski definition) is 1. The first-order chi connectivity index (χ1) is 12.2. The van der Waals surface area contributed by atoms with Gasteiger partial charge < -0.3 is 4.90 Å². The largest absolute Gasteiger partial charge is 0.311 e. The third kappa shape index (κ3) is 3.04. The number of likely N-dealkylation sites (N-methyl/N-ethyl adjacent to an activating group) is 1. The van der Waals surface area contributed by atoms with Crippen LogP contribution in [0.1, 0.15) is 31.9 Å². The van der Waals surface area contributed by atoms with Gasteiger partial charge in [-0.3, -0.25) is 4.79 Å². The van der Waals surface area contributed by atoms with Crippen LogP contribution >= 0.6 is 0 Å². The van der Waals surface area contributed by atoms with Crippen molar-refractivity contribution in [3.8, 4) is 0 Å². The highest BCUT2D eigenvalue weighted by Crippen LogP contribution is 2.40. The van der Waals surface area contributed by atoms with Crippen LogP contribution in [0.3, 0.4) is 0 Å². The number of carbonyl (C=O) groups is 1. The summed E-state index contributed by atoms with van der Waals surface area (Å²) in [5, 5.41) is 0. The molecule has 0 bridgehead atoms. The van der Waals surface area contributed by atoms with Crippen molar-refractivity contribution in [3.05, 3.63) is 59.7 Å². The Hall–Kier alpha value is -2.18. The Labute approximate surface area is 155 Å². The van der Waals surface area contributed by atoms with E-state index in [-0.39, 0.29) is 10.8 Å². The molecule has 5 nitrogen and oxygen atoms in total. The Bertz CT molecular complexity index is 934. The average Bonchev–Trinajstić information content (AvgIpc) is 2.60. The fraction of sp³-hybridized carbons (Fsp3) is 0.350. The van der Waals surface area contributed by atoms with E-state index in [1.807, 2.05) is 52.0 Å². The molecule has 0 saturated heterocycles. The number of anilines is 1. The highest BCUT2D eigenvalue weighted by Gasteiger charge is 2.47. The van der Waals surface area contributed by atoms with E-state index < -0.39 is 21.5 Å². The van der Waals surface area contributed by atoms with Gasteiger partial charge in [0.15, 0.2) is 0 Å². The predicted molar refractivity (Wildman–Crippen MR) is 103 cm³/mol. The minimum Gasteiger partial charge on any atom is -0.311 e. The van der Waals surface area contributed by atoms with Gasteiger partial charge in [-0.15, -0.1) is 0 Å². The summed E-state index contributed by atoms with van der Waals surface area (Å²) < 4.78 is 28.4. The number of rotatable bonds is 4. The Morgan fingerprint density at radius 1 is 1.08 bits per heavy atom. The zero-order valence-corrected chi connectivity index (χ0v) is 16.3. The summed E-state index contributed by atoms with van der Waals surface area (Å²) in [4.78, 5) is 14.9. The van der Waals surface area contributed by atoms with Gasteiger partial charge in [0.1, 0.15) is 6.04 Å². The molecule has 26 heavy (non-hydrogen) atoms. The number of para-hydroxylation sites is 1. The first-order valence-corrected chi connectivity index (χ1v) is 10.2. The minimum absolute atomic E-state index is 0.161. The highest BCUT2D eigenvalue weighted by molar-refractivity contribution is 7.89. The number of carbonyl (C=O) groups excluding carboxylic acids is 1. The van der Waals surface area contributed by atoms with Crippen molar-refractivity contribution < 1.29 is 13.2 Å². The molecule has 0 spiro atoms. The molecule has 0 saturated carbocycles. The quantitative estimate of drug-likeness (QED) is 0.897. The molecule has 1 atom stereocenters. The van der Waals surface area contributed by atoms with Gasteiger partial charge in [0.2, 0.25) is 15.9 Å². The average molecular weight is 372 g/mol. The van der Waals surface area contributed by atoms with Crippen molar-refractivity contribution in [1.82, 2.24) is 4.72 Å². The number of nitrogens with zero attached hydrogens (tertiary/aromatic N) is 1. The number of aryl methyl sites for hydroxylation is 1. The zero-order chi connectivity index (χ0) is 19.1. The second-order valence-electron chi connectivity index (χ2n) is 7.19. The molecule has 0 aliphatic carbocycles. The Morgan fingerprint density at radius 3 is 2.31 bits per heavy atom. The maximum absolute atomic E-state index is 13.1. The van der Waals surface area contributed by atoms with E-state index in [4.69, 9.17) is 0 Å². The lowest BCUT2D eigenvalue weighted by Gasteiger charge is -2.44. The topological polar surface area (TPSA) is 66.5 Å². The third-order valence-corrected chi connectivity index (χ3v) is 6.48. The van der Waals surface area contributed by atoms with Gasteiger partial charge in [-0.05, 0) is 37.6 Å². The van der Waals surface area contributed by atoms with Crippen molar-refractivity contribution in [1.29, 1.82) is 0 Å². The number of fused-ring (bicyclic) bond motifs is 1. The lowest BCUT2D eigenvalue weighted by molar-refractivity contribution is -0.122. The number of nitrogens with one attached hydrogen (secondary N) is 1. The smallest absolute Gasteiger partial charge is 0.246 e. The molecule has 1 N–H and O–H groups in total. The lowest BCUT2D eigenvalue weighted by Crippen LogP contribution is -2.60. The molecule has 1 heterocycles. The Kier molecular flexibility index (Phi) is 4.67. The molecule has 1 amide bonds. The monoisotopic (exact) mass is 372 g/mol. The Morgan fingerprint density at radius 2 is 1.69 bits per heavy atom. The van der Waals surface area contributed by atoms with Gasteiger partial charge in [-0.25, -0.2) is 8.42 Å². The van der Waals surface area contributed by atoms with E-state index in [1.165, 1.54) is 0 Å². The molecule has 0 aromatic heterocycles. The van der Waals surface area contributed by atoms with Crippen LogP contribution in [0.5, 0.6) is 0 Å². The molecule has 6 heteroatoms. The maximum atomic E-state index is 13.1. The van der Waals surface area contributed by atoms with Crippen LogP contribution in [0.15, 0.2) is 53.4 Å². The van der Waals surface area contributed by atoms with E-state index in [9.17, 15) is 13.2 Å². The summed E-state index contributed by atoms with van der Waals surface area (Å²) in [6.07, 6.45) is 0. The van der Waals surface area contributed by atoms with E-state index >= 15 is 0 Å². The summed E-state index contributed by atoms with van der Waals surface area (Å²) in [5.41, 5.74) is 2.11. The minimum atomic E-state index is -3.81. The predicted octanol–water partition coefficient (Wildman–Crippen LogP) is 2.99. The fourth-order valence-corrected chi connectivity index (χ4v) is 4.79. The molecular formula is C20H24N2O3S. The van der Waals surface area contributed by atoms with Gasteiger partial charge in [0.25, 0.3) is 0 Å². The van der Waals surface area contributed by atoms with Crippen LogP contribution < -0.4 is 9.62 Å². The molecule has 138 valence electrons. The van der Waals surface area contributed by atoms with Crippen LogP contribution in [0.2, 0.25) is 0 Å². The number of amides is 1. The van der Waals surface area contributed by atoms with Gasteiger partial charge in [-0.2, -0.15) is 4.72 Å². The number of sulfonamides is 1. The van der Waals surface area contributed by atoms with Crippen molar-refractivity contribution in [2.75, 3.05) is 11.4 Å². The van der Waals surface area contributed by atoms with Gasteiger partial charge >= 0.3 is 0 Å². The summed E-state index contributed by atoms with van der Waals surface area (Å²) in [7, 11) is -3.81. The second kappa shape index (κ2) is 6.52. The van der Waals surface area contributed by atoms with E-state index in [2.05, 4.69) is 4.72 Å². The highest BCUT2D eigenvalue weighted by atomic mass is 32.2. The van der Waals surface area contributed by atoms with Crippen molar-refractivity contribution in [2.24, 2.45) is 0 Å². The summed E-state index contributed by atoms with van der Waals surface area (Å²) in [5.74, 6) is -0.230. The normalized spacial score (nSPS) is 19.3. The van der Waals surface area contributed by atoms with Crippen LogP contribution in [0, 0.1) is 6.92 Å². The molecule has 3 rings (SSSR count). The van der Waals surface area contributed by atoms with Crippen LogP contribution in [-0.2, 0) is 20.2 Å². The fourth-order valence-electron chi connectivity index (χ4n) is 3.46. The number of hydrogen-bond acceptors (Lipinski definition) is 3. The molecule has 1 aliphatic heterocycles. The van der Waals surface area contributed by atoms with Crippen molar-refractivity contribution >= 4 is 21.6 Å². The third-order valence-electron chi connectivity index (χ3n) is 5.04. The Balaban J connectivity index is 2.04. The standard InChI is InChI=1S/C20H24N2O3S/c1-5-22-17-9-7-6-8-16(17)20(3,4)18(19(22)23)21-26(24,25)15-12-10-14(2)11-13-15/h6-13,18,21H,5H2,1-4H3. The van der Waals surface area contributed by atoms with Crippen LogP contribution in [0.4, 0.5) is 5.69 Å². The molecular weight excluding hydrogens is 348 g/mol. The van der Waals surface area contributed by atoms with Gasteiger partial charge in [0.05, 0.1) is 4.90 Å². The van der Waals surface area contributed by atoms with Crippen LogP contribution in [0.25, 0.3) is 0 Å². The second-order valence-corrected chi connectivity index (χ2v) is 8.90. The van der Waals surface area contributed by atoms with E-state index in [0.717, 1.165) is 16.8 Å². The molecule has 0 radical (unpaired) electrons. The molecule has 1 aliphatic rings. The summed E-state index contributed by atoms with van der Waals surface area (Å²) >= 11 is 0. The van der Waals surface area contributed by atoms with Crippen molar-refractivity contribution in [2.45, 2.75) is 44.0 Å². The van der Waals surface area contributed by atoms with E-state index in [0.29, 0.717) is 6.54 Å². The first kappa shape index (κ1) is 18.6. The number of benzene rings is 2. The van der Waals surface area contributed by atoms with Crippen LogP contribution in [-0.4, -0.2) is 26.9 Å². The van der Waals surface area contributed by atoms with Crippen molar-refractivity contribution in [3.63, 3.8) is 0 Å². The molecule has 0 fully saturated rings. The van der Waals surface area contributed by atoms with E-state index in [1.54, 1.807) is 29.2 Å². The van der Waals surface area contributed by atoms with Gasteiger partial charge in [0, 0.05) is 17.6 Å². The summed E-state index contributed by atoms with van der Waals surface area (Å²) in [6, 6.07) is 13.4. The summed E-state index contributed by atoms with van der Waals surface area (Å²) in [6.45, 7) is 8.07. The zero-order valence-electron chi connectivity index (χ0n) is 15.5. The van der Waals surface area contributed by atoms with Gasteiger partial charge in [-0.1, -0.05) is 49.7 Å². The molecule has 2 aromatic rings. The first-order valence-electron chi connectivity index (χ1n) is 8.68.